The highest BCUT2D eigenvalue weighted by atomic mass is 16.5. The van der Waals surface area contributed by atoms with Crippen LogP contribution < -0.4 is 16.4 Å². The van der Waals surface area contributed by atoms with E-state index in [9.17, 15) is 19.2 Å². The molecule has 0 aromatic heterocycles. The molecule has 0 saturated heterocycles. The number of rotatable bonds is 10. The first kappa shape index (κ1) is 22.9. The highest BCUT2D eigenvalue weighted by Crippen LogP contribution is 2.09. The Morgan fingerprint density at radius 3 is 2.25 bits per heavy atom. The third-order valence-corrected chi connectivity index (χ3v) is 4.21. The van der Waals surface area contributed by atoms with Gasteiger partial charge in [-0.15, -0.1) is 0 Å². The number of urea groups is 1. The van der Waals surface area contributed by atoms with Crippen LogP contribution in [0.1, 0.15) is 25.8 Å². The molecule has 3 amide bonds. The maximum atomic E-state index is 12.3. The van der Waals surface area contributed by atoms with Crippen LogP contribution in [0.25, 0.3) is 0 Å². The minimum Gasteiger partial charge on any atom is -0.467 e. The predicted molar refractivity (Wildman–Crippen MR) is 101 cm³/mol. The summed E-state index contributed by atoms with van der Waals surface area (Å²) in [5, 5.41) is 4.81. The van der Waals surface area contributed by atoms with Gasteiger partial charge in [0.15, 0.2) is 6.61 Å². The zero-order valence-electron chi connectivity index (χ0n) is 16.3. The van der Waals surface area contributed by atoms with Gasteiger partial charge in [-0.1, -0.05) is 50.6 Å². The molecule has 28 heavy (non-hydrogen) atoms. The summed E-state index contributed by atoms with van der Waals surface area (Å²) in [7, 11) is 1.23. The van der Waals surface area contributed by atoms with Gasteiger partial charge in [0.2, 0.25) is 0 Å². The highest BCUT2D eigenvalue weighted by Gasteiger charge is 2.28. The van der Waals surface area contributed by atoms with E-state index in [1.807, 2.05) is 13.0 Å². The van der Waals surface area contributed by atoms with Crippen molar-refractivity contribution in [3.8, 4) is 0 Å². The SMILES string of the molecule is CC[C@@H](C)[C@@H](NC(=O)COC(=O)[C@H](Cc1ccccc1)NC(N)=O)C(=O)OC. The Kier molecular flexibility index (Phi) is 9.49. The Morgan fingerprint density at radius 1 is 1.07 bits per heavy atom. The summed E-state index contributed by atoms with van der Waals surface area (Å²) >= 11 is 0. The van der Waals surface area contributed by atoms with Gasteiger partial charge >= 0.3 is 18.0 Å². The molecule has 0 bridgehead atoms. The summed E-state index contributed by atoms with van der Waals surface area (Å²) in [6, 6.07) is 6.19. The molecule has 0 heterocycles. The normalized spacial score (nSPS) is 13.5. The number of nitrogens with two attached hydrogens (primary N) is 1. The Balaban J connectivity index is 2.67. The number of hydrogen-bond donors (Lipinski definition) is 3. The molecule has 154 valence electrons. The van der Waals surface area contributed by atoms with Gasteiger partial charge in [-0.05, 0) is 11.5 Å². The van der Waals surface area contributed by atoms with E-state index in [0.717, 1.165) is 5.56 Å². The minimum atomic E-state index is -1.04. The molecule has 9 nitrogen and oxygen atoms in total. The molecule has 0 aliphatic carbocycles. The second kappa shape index (κ2) is 11.6. The van der Waals surface area contributed by atoms with Crippen molar-refractivity contribution in [3.63, 3.8) is 0 Å². The fourth-order valence-electron chi connectivity index (χ4n) is 2.46. The van der Waals surface area contributed by atoms with E-state index >= 15 is 0 Å². The smallest absolute Gasteiger partial charge is 0.329 e. The Bertz CT molecular complexity index is 680. The third kappa shape index (κ3) is 7.65. The lowest BCUT2D eigenvalue weighted by atomic mass is 9.99. The summed E-state index contributed by atoms with van der Waals surface area (Å²) in [6.07, 6.45) is 0.795. The summed E-state index contributed by atoms with van der Waals surface area (Å²) in [6.45, 7) is 3.06. The fourth-order valence-corrected chi connectivity index (χ4v) is 2.46. The number of carbonyl (C=O) groups is 4. The minimum absolute atomic E-state index is 0.155. The average molecular weight is 393 g/mol. The van der Waals surface area contributed by atoms with Crippen LogP contribution >= 0.6 is 0 Å². The van der Waals surface area contributed by atoms with Crippen molar-refractivity contribution >= 4 is 23.9 Å². The molecule has 0 aliphatic rings. The molecule has 0 aliphatic heterocycles. The first-order chi connectivity index (χ1) is 13.3. The monoisotopic (exact) mass is 393 g/mol. The molecule has 4 N–H and O–H groups in total. The molecule has 0 unspecified atom stereocenters. The van der Waals surface area contributed by atoms with Gasteiger partial charge in [-0.3, -0.25) is 4.79 Å². The maximum Gasteiger partial charge on any atom is 0.329 e. The van der Waals surface area contributed by atoms with Gasteiger partial charge in [-0.2, -0.15) is 0 Å². The molecule has 9 heteroatoms. The average Bonchev–Trinajstić information content (AvgIpc) is 2.68. The second-order valence-corrected chi connectivity index (χ2v) is 6.31. The molecule has 0 radical (unpaired) electrons. The van der Waals surface area contributed by atoms with Crippen LogP contribution in [0.15, 0.2) is 30.3 Å². The molecule has 0 saturated carbocycles. The largest absolute Gasteiger partial charge is 0.467 e. The first-order valence-corrected chi connectivity index (χ1v) is 8.92. The van der Waals surface area contributed by atoms with E-state index in [-0.39, 0.29) is 12.3 Å². The van der Waals surface area contributed by atoms with Crippen molar-refractivity contribution in [1.29, 1.82) is 0 Å². The number of methoxy groups -OCH3 is 1. The lowest BCUT2D eigenvalue weighted by molar-refractivity contribution is -0.152. The van der Waals surface area contributed by atoms with Gasteiger partial charge in [0.25, 0.3) is 5.91 Å². The van der Waals surface area contributed by atoms with Gasteiger partial charge in [0, 0.05) is 6.42 Å². The maximum absolute atomic E-state index is 12.3. The third-order valence-electron chi connectivity index (χ3n) is 4.21. The molecular weight excluding hydrogens is 366 g/mol. The summed E-state index contributed by atoms with van der Waals surface area (Å²) in [4.78, 5) is 47.4. The number of ether oxygens (including phenoxy) is 2. The van der Waals surface area contributed by atoms with E-state index in [2.05, 4.69) is 15.4 Å². The number of carbonyl (C=O) groups excluding carboxylic acids is 4. The number of nitrogens with one attached hydrogen (secondary N) is 2. The number of esters is 2. The molecule has 1 aromatic rings. The lowest BCUT2D eigenvalue weighted by Crippen LogP contribution is -2.49. The topological polar surface area (TPSA) is 137 Å². The highest BCUT2D eigenvalue weighted by molar-refractivity contribution is 5.88. The van der Waals surface area contributed by atoms with Crippen molar-refractivity contribution in [2.75, 3.05) is 13.7 Å². The summed E-state index contributed by atoms with van der Waals surface area (Å²) < 4.78 is 9.68. The number of primary amides is 1. The molecular formula is C19H27N3O6. The van der Waals surface area contributed by atoms with E-state index in [1.165, 1.54) is 7.11 Å². The van der Waals surface area contributed by atoms with Crippen molar-refractivity contribution in [3.05, 3.63) is 35.9 Å². The van der Waals surface area contributed by atoms with Crippen LogP contribution in [0, 0.1) is 5.92 Å². The Hall–Kier alpha value is -3.10. The summed E-state index contributed by atoms with van der Waals surface area (Å²) in [5.41, 5.74) is 5.90. The van der Waals surface area contributed by atoms with Crippen molar-refractivity contribution in [1.82, 2.24) is 10.6 Å². The van der Waals surface area contributed by atoms with Gasteiger partial charge in [-0.25, -0.2) is 14.4 Å². The van der Waals surface area contributed by atoms with Crippen molar-refractivity contribution in [2.24, 2.45) is 11.7 Å². The molecule has 1 rings (SSSR count). The number of amides is 3. The molecule has 0 spiro atoms. The standard InChI is InChI=1S/C19H27N3O6/c1-4-12(2)16(18(25)27-3)22-15(23)11-28-17(24)14(21-19(20)26)10-13-8-6-5-7-9-13/h5-9,12,14,16H,4,10-11H2,1-3H3,(H,22,23)(H3,20,21,26)/t12-,14+,16-/m1/s1. The van der Waals surface area contributed by atoms with Crippen LogP contribution in [-0.2, 0) is 30.3 Å². The van der Waals surface area contributed by atoms with E-state index in [1.54, 1.807) is 31.2 Å². The number of hydrogen-bond acceptors (Lipinski definition) is 6. The van der Waals surface area contributed by atoms with Crippen LogP contribution in [0.2, 0.25) is 0 Å². The molecule has 0 fully saturated rings. The Morgan fingerprint density at radius 2 is 1.71 bits per heavy atom. The van der Waals surface area contributed by atoms with Gasteiger partial charge < -0.3 is 25.8 Å². The fraction of sp³-hybridized carbons (Fsp3) is 0.474. The Labute approximate surface area is 163 Å². The number of benzene rings is 1. The van der Waals surface area contributed by atoms with Crippen LogP contribution in [-0.4, -0.2) is 49.7 Å². The van der Waals surface area contributed by atoms with E-state index in [4.69, 9.17) is 10.5 Å². The van der Waals surface area contributed by atoms with Crippen molar-refractivity contribution in [2.45, 2.75) is 38.8 Å². The van der Waals surface area contributed by atoms with E-state index in [0.29, 0.717) is 6.42 Å². The van der Waals surface area contributed by atoms with E-state index < -0.39 is 42.6 Å². The molecule has 1 aromatic carbocycles. The lowest BCUT2D eigenvalue weighted by Gasteiger charge is -2.22. The summed E-state index contributed by atoms with van der Waals surface area (Å²) in [5.74, 6) is -2.20. The first-order valence-electron chi connectivity index (χ1n) is 8.92. The van der Waals surface area contributed by atoms with Gasteiger partial charge in [0.1, 0.15) is 12.1 Å². The van der Waals surface area contributed by atoms with Crippen molar-refractivity contribution < 1.29 is 28.7 Å². The molecule has 3 atom stereocenters. The quantitative estimate of drug-likeness (QED) is 0.496. The van der Waals surface area contributed by atoms with Crippen LogP contribution in [0.4, 0.5) is 4.79 Å². The predicted octanol–water partition coefficient (Wildman–Crippen LogP) is 0.513. The zero-order chi connectivity index (χ0) is 21.1. The van der Waals surface area contributed by atoms with Crippen LogP contribution in [0.5, 0.6) is 0 Å². The zero-order valence-corrected chi connectivity index (χ0v) is 16.3. The van der Waals surface area contributed by atoms with Crippen LogP contribution in [0.3, 0.4) is 0 Å². The second-order valence-electron chi connectivity index (χ2n) is 6.31. The van der Waals surface area contributed by atoms with Gasteiger partial charge in [0.05, 0.1) is 7.11 Å².